The largest absolute Gasteiger partial charge is 0.379 e. The molecule has 0 saturated carbocycles. The van der Waals surface area contributed by atoms with Crippen LogP contribution in [0, 0.1) is 5.92 Å². The van der Waals surface area contributed by atoms with Crippen LogP contribution in [0.25, 0.3) is 0 Å². The average Bonchev–Trinajstić information content (AvgIpc) is 2.63. The van der Waals surface area contributed by atoms with Gasteiger partial charge in [-0.25, -0.2) is 4.98 Å². The topological polar surface area (TPSA) is 52.7 Å². The van der Waals surface area contributed by atoms with Crippen LogP contribution in [0.3, 0.4) is 0 Å². The van der Waals surface area contributed by atoms with Crippen molar-refractivity contribution < 1.29 is 4.74 Å². The van der Waals surface area contributed by atoms with Crippen LogP contribution in [0.4, 0.5) is 11.5 Å². The van der Waals surface area contributed by atoms with Crippen LogP contribution in [-0.4, -0.2) is 67.5 Å². The third-order valence-corrected chi connectivity index (χ3v) is 5.05. The predicted octanol–water partition coefficient (Wildman–Crippen LogP) is 1.94. The van der Waals surface area contributed by atoms with Crippen molar-refractivity contribution >= 4 is 28.8 Å². The maximum Gasteiger partial charge on any atom is 0.170 e. The van der Waals surface area contributed by atoms with Crippen LogP contribution >= 0.6 is 12.2 Å². The average molecular weight is 364 g/mol. The number of nitrogens with one attached hydrogen (secondary N) is 2. The number of ether oxygens (including phenoxy) is 1. The predicted molar refractivity (Wildman–Crippen MR) is 106 cm³/mol. The first-order chi connectivity index (χ1) is 12.2. The Balaban J connectivity index is 1.40. The first-order valence-electron chi connectivity index (χ1n) is 9.26. The molecule has 2 aliphatic rings. The molecule has 0 bridgehead atoms. The molecule has 0 aliphatic carbocycles. The second-order valence-corrected chi connectivity index (χ2v) is 7.34. The van der Waals surface area contributed by atoms with E-state index >= 15 is 0 Å². The Morgan fingerprint density at radius 3 is 2.88 bits per heavy atom. The van der Waals surface area contributed by atoms with Gasteiger partial charge in [-0.2, -0.15) is 0 Å². The fourth-order valence-corrected chi connectivity index (χ4v) is 3.59. The summed E-state index contributed by atoms with van der Waals surface area (Å²) in [7, 11) is 0. The molecule has 2 N–H and O–H groups in total. The Morgan fingerprint density at radius 1 is 1.32 bits per heavy atom. The molecule has 1 aromatic heterocycles. The van der Waals surface area contributed by atoms with Gasteiger partial charge in [0.1, 0.15) is 5.82 Å². The normalized spacial score (nSPS) is 21.8. The maximum atomic E-state index is 5.37. The number of aromatic nitrogens is 1. The van der Waals surface area contributed by atoms with Gasteiger partial charge in [-0.3, -0.25) is 4.90 Å². The van der Waals surface area contributed by atoms with Crippen LogP contribution in [0.5, 0.6) is 0 Å². The molecule has 138 valence electrons. The smallest absolute Gasteiger partial charge is 0.170 e. The molecule has 3 heterocycles. The van der Waals surface area contributed by atoms with Gasteiger partial charge in [-0.05, 0) is 43.1 Å². The molecule has 0 radical (unpaired) electrons. The van der Waals surface area contributed by atoms with Gasteiger partial charge in [-0.15, -0.1) is 0 Å². The van der Waals surface area contributed by atoms with Crippen molar-refractivity contribution in [1.82, 2.24) is 15.2 Å². The van der Waals surface area contributed by atoms with Gasteiger partial charge in [0.05, 0.1) is 25.1 Å². The summed E-state index contributed by atoms with van der Waals surface area (Å²) in [5.41, 5.74) is 0.928. The van der Waals surface area contributed by atoms with E-state index in [1.807, 2.05) is 6.20 Å². The number of nitrogens with zero attached hydrogens (tertiary/aromatic N) is 3. The number of hydrogen-bond donors (Lipinski definition) is 2. The van der Waals surface area contributed by atoms with Crippen LogP contribution in [-0.2, 0) is 4.74 Å². The Bertz CT molecular complexity index is 547. The van der Waals surface area contributed by atoms with Gasteiger partial charge >= 0.3 is 0 Å². The minimum absolute atomic E-state index is 0.648. The standard InChI is InChI=1S/C18H29N5OS/c1-15-3-2-7-23(14-15)17-5-4-16(13-20-17)21-18(25)19-6-8-22-9-11-24-12-10-22/h4-5,13,15H,2-3,6-12,14H2,1H3,(H2,19,21,25)/t15-/m1/s1. The van der Waals surface area contributed by atoms with E-state index in [1.165, 1.54) is 12.8 Å². The van der Waals surface area contributed by atoms with Gasteiger partial charge in [0, 0.05) is 39.3 Å². The van der Waals surface area contributed by atoms with Gasteiger partial charge < -0.3 is 20.3 Å². The van der Waals surface area contributed by atoms with E-state index in [-0.39, 0.29) is 0 Å². The van der Waals surface area contributed by atoms with E-state index in [0.717, 1.165) is 69.9 Å². The molecule has 0 unspecified atom stereocenters. The van der Waals surface area contributed by atoms with Crippen molar-refractivity contribution in [1.29, 1.82) is 0 Å². The lowest BCUT2D eigenvalue weighted by molar-refractivity contribution is 0.0389. The maximum absolute atomic E-state index is 5.37. The van der Waals surface area contributed by atoms with E-state index in [0.29, 0.717) is 5.11 Å². The van der Waals surface area contributed by atoms with Gasteiger partial charge in [0.2, 0.25) is 0 Å². The van der Waals surface area contributed by atoms with Crippen LogP contribution < -0.4 is 15.5 Å². The molecule has 7 heteroatoms. The number of anilines is 2. The molecule has 3 rings (SSSR count). The molecule has 6 nitrogen and oxygen atoms in total. The minimum atomic E-state index is 0.648. The quantitative estimate of drug-likeness (QED) is 0.776. The Hall–Kier alpha value is -1.44. The second kappa shape index (κ2) is 9.31. The third kappa shape index (κ3) is 5.80. The summed E-state index contributed by atoms with van der Waals surface area (Å²) in [6.45, 7) is 9.99. The molecule has 2 saturated heterocycles. The van der Waals surface area contributed by atoms with Crippen molar-refractivity contribution in [3.8, 4) is 0 Å². The summed E-state index contributed by atoms with van der Waals surface area (Å²) in [6.07, 6.45) is 4.44. The van der Waals surface area contributed by atoms with Crippen molar-refractivity contribution in [3.05, 3.63) is 18.3 Å². The summed E-state index contributed by atoms with van der Waals surface area (Å²) in [5.74, 6) is 1.81. The van der Waals surface area contributed by atoms with Crippen molar-refractivity contribution in [2.45, 2.75) is 19.8 Å². The summed E-state index contributed by atoms with van der Waals surface area (Å²) in [5, 5.41) is 7.12. The lowest BCUT2D eigenvalue weighted by atomic mass is 10.0. The number of thiocarbonyl (C=S) groups is 1. The van der Waals surface area contributed by atoms with Gasteiger partial charge in [0.25, 0.3) is 0 Å². The molecular formula is C18H29N5OS. The Kier molecular flexibility index (Phi) is 6.84. The zero-order valence-corrected chi connectivity index (χ0v) is 15.9. The lowest BCUT2D eigenvalue weighted by Gasteiger charge is -2.31. The van der Waals surface area contributed by atoms with Crippen LogP contribution in [0.15, 0.2) is 18.3 Å². The van der Waals surface area contributed by atoms with Crippen molar-refractivity contribution in [3.63, 3.8) is 0 Å². The zero-order valence-electron chi connectivity index (χ0n) is 15.0. The number of piperidine rings is 1. The summed E-state index contributed by atoms with van der Waals surface area (Å²) in [4.78, 5) is 9.35. The highest BCUT2D eigenvalue weighted by atomic mass is 32.1. The lowest BCUT2D eigenvalue weighted by Crippen LogP contribution is -2.42. The van der Waals surface area contributed by atoms with Crippen LogP contribution in [0.2, 0.25) is 0 Å². The second-order valence-electron chi connectivity index (χ2n) is 6.93. The molecule has 0 spiro atoms. The van der Waals surface area contributed by atoms with Crippen LogP contribution in [0.1, 0.15) is 19.8 Å². The molecule has 0 aromatic carbocycles. The summed E-state index contributed by atoms with van der Waals surface area (Å²) >= 11 is 5.37. The highest BCUT2D eigenvalue weighted by Gasteiger charge is 2.17. The Morgan fingerprint density at radius 2 is 2.16 bits per heavy atom. The van der Waals surface area contributed by atoms with E-state index in [4.69, 9.17) is 17.0 Å². The monoisotopic (exact) mass is 363 g/mol. The highest BCUT2D eigenvalue weighted by molar-refractivity contribution is 7.80. The third-order valence-electron chi connectivity index (χ3n) is 4.80. The van der Waals surface area contributed by atoms with E-state index in [2.05, 4.69) is 44.5 Å². The molecule has 25 heavy (non-hydrogen) atoms. The summed E-state index contributed by atoms with van der Waals surface area (Å²) < 4.78 is 5.35. The SMILES string of the molecule is C[C@@H]1CCCN(c2ccc(NC(=S)NCCN3CCOCC3)cn2)C1. The first kappa shape index (κ1) is 18.4. The van der Waals surface area contributed by atoms with Gasteiger partial charge in [-0.1, -0.05) is 6.92 Å². The molecular weight excluding hydrogens is 334 g/mol. The molecule has 2 fully saturated rings. The fraction of sp³-hybridized carbons (Fsp3) is 0.667. The number of hydrogen-bond acceptors (Lipinski definition) is 5. The highest BCUT2D eigenvalue weighted by Crippen LogP contribution is 2.21. The molecule has 2 aliphatic heterocycles. The Labute approximate surface area is 155 Å². The van der Waals surface area contributed by atoms with Gasteiger partial charge in [0.15, 0.2) is 5.11 Å². The molecule has 1 aromatic rings. The van der Waals surface area contributed by atoms with E-state index in [1.54, 1.807) is 0 Å². The minimum Gasteiger partial charge on any atom is -0.379 e. The van der Waals surface area contributed by atoms with Crippen molar-refractivity contribution in [2.24, 2.45) is 5.92 Å². The number of pyridine rings is 1. The fourth-order valence-electron chi connectivity index (χ4n) is 3.37. The first-order valence-corrected chi connectivity index (χ1v) is 9.67. The summed E-state index contributed by atoms with van der Waals surface area (Å²) in [6, 6.07) is 4.13. The van der Waals surface area contributed by atoms with E-state index in [9.17, 15) is 0 Å². The zero-order chi connectivity index (χ0) is 17.5. The van der Waals surface area contributed by atoms with E-state index < -0.39 is 0 Å². The molecule has 1 atom stereocenters. The van der Waals surface area contributed by atoms with Crippen molar-refractivity contribution in [2.75, 3.05) is 62.7 Å². The number of morpholine rings is 1. The molecule has 0 amide bonds. The number of rotatable bonds is 5.